The third kappa shape index (κ3) is 1.47. The van der Waals surface area contributed by atoms with E-state index in [1.165, 1.54) is 0 Å². The van der Waals surface area contributed by atoms with E-state index in [-0.39, 0.29) is 0 Å². The van der Waals surface area contributed by atoms with Crippen LogP contribution in [0.25, 0.3) is 0 Å². The van der Waals surface area contributed by atoms with Crippen LogP contribution in [0.2, 0.25) is 0 Å². The maximum atomic E-state index is 5.28. The fraction of sp³-hybridized carbons (Fsp3) is 0.333. The van der Waals surface area contributed by atoms with Crippen molar-refractivity contribution in [3.05, 3.63) is 23.8 Å². The van der Waals surface area contributed by atoms with Crippen molar-refractivity contribution in [2.24, 2.45) is 5.73 Å². The first-order chi connectivity index (χ1) is 4.33. The summed E-state index contributed by atoms with van der Waals surface area (Å²) in [6, 6.07) is 0. The molecule has 0 aromatic carbocycles. The van der Waals surface area contributed by atoms with Gasteiger partial charge in [0.15, 0.2) is 0 Å². The second-order valence-corrected chi connectivity index (χ2v) is 1.77. The Morgan fingerprint density at radius 2 is 2.56 bits per heavy atom. The van der Waals surface area contributed by atoms with Gasteiger partial charge in [0, 0.05) is 12.7 Å². The van der Waals surface area contributed by atoms with Gasteiger partial charge in [-0.3, -0.25) is 9.97 Å². The van der Waals surface area contributed by atoms with Gasteiger partial charge in [-0.05, 0) is 6.92 Å². The number of rotatable bonds is 1. The zero-order valence-electron chi connectivity index (χ0n) is 5.26. The van der Waals surface area contributed by atoms with Gasteiger partial charge in [0.1, 0.15) is 6.20 Å². The molecule has 3 heteroatoms. The van der Waals surface area contributed by atoms with Crippen molar-refractivity contribution in [3.8, 4) is 0 Å². The summed E-state index contributed by atoms with van der Waals surface area (Å²) in [6.07, 6.45) is 4.32. The second-order valence-electron chi connectivity index (χ2n) is 1.77. The SMILES string of the molecule is Cc1cn[c]c(CN)n1. The highest BCUT2D eigenvalue weighted by atomic mass is 14.8. The van der Waals surface area contributed by atoms with Crippen molar-refractivity contribution < 1.29 is 0 Å². The van der Waals surface area contributed by atoms with Gasteiger partial charge in [-0.2, -0.15) is 0 Å². The molecule has 0 bridgehead atoms. The van der Waals surface area contributed by atoms with E-state index in [1.807, 2.05) is 6.92 Å². The Hall–Kier alpha value is -0.960. The van der Waals surface area contributed by atoms with Crippen molar-refractivity contribution in [2.75, 3.05) is 0 Å². The Balaban J connectivity index is 2.94. The highest BCUT2D eigenvalue weighted by molar-refractivity contribution is 4.98. The topological polar surface area (TPSA) is 51.8 Å². The summed E-state index contributed by atoms with van der Waals surface area (Å²) in [5.74, 6) is 0. The van der Waals surface area contributed by atoms with Crippen LogP contribution in [-0.4, -0.2) is 9.97 Å². The molecule has 0 aliphatic rings. The molecule has 0 saturated carbocycles. The van der Waals surface area contributed by atoms with Crippen LogP contribution in [0.5, 0.6) is 0 Å². The normalized spacial score (nSPS) is 9.56. The smallest absolute Gasteiger partial charge is 0.113 e. The molecule has 0 fully saturated rings. The minimum atomic E-state index is 0.411. The molecule has 0 aliphatic carbocycles. The number of hydrogen-bond acceptors (Lipinski definition) is 3. The molecular formula is C6H8N3. The van der Waals surface area contributed by atoms with Crippen molar-refractivity contribution in [3.63, 3.8) is 0 Å². The average Bonchev–Trinajstić information content (AvgIpc) is 1.88. The molecule has 0 aliphatic heterocycles. The molecule has 3 nitrogen and oxygen atoms in total. The van der Waals surface area contributed by atoms with E-state index in [4.69, 9.17) is 5.73 Å². The minimum Gasteiger partial charge on any atom is -0.325 e. The van der Waals surface area contributed by atoms with Crippen molar-refractivity contribution in [1.29, 1.82) is 0 Å². The first-order valence-corrected chi connectivity index (χ1v) is 2.73. The molecule has 0 spiro atoms. The van der Waals surface area contributed by atoms with Crippen LogP contribution in [0, 0.1) is 13.1 Å². The summed E-state index contributed by atoms with van der Waals surface area (Å²) >= 11 is 0. The standard InChI is InChI=1S/C6H8N3/c1-5-3-8-4-6(2-7)9-5/h3H,2,7H2,1H3. The average molecular weight is 122 g/mol. The van der Waals surface area contributed by atoms with Gasteiger partial charge in [-0.1, -0.05) is 0 Å². The first-order valence-electron chi connectivity index (χ1n) is 2.73. The lowest BCUT2D eigenvalue weighted by Crippen LogP contribution is -2.01. The predicted molar refractivity (Wildman–Crippen MR) is 33.5 cm³/mol. The Kier molecular flexibility index (Phi) is 1.75. The van der Waals surface area contributed by atoms with E-state index >= 15 is 0 Å². The van der Waals surface area contributed by atoms with Gasteiger partial charge >= 0.3 is 0 Å². The Labute approximate surface area is 53.9 Å². The van der Waals surface area contributed by atoms with Crippen LogP contribution in [0.15, 0.2) is 6.20 Å². The molecule has 9 heavy (non-hydrogen) atoms. The molecule has 1 heterocycles. The summed E-state index contributed by atoms with van der Waals surface area (Å²) in [6.45, 7) is 2.29. The molecule has 1 aromatic rings. The molecule has 1 radical (unpaired) electrons. The van der Waals surface area contributed by atoms with Crippen LogP contribution in [0.1, 0.15) is 11.4 Å². The Morgan fingerprint density at radius 1 is 1.78 bits per heavy atom. The first kappa shape index (κ1) is 6.16. The van der Waals surface area contributed by atoms with E-state index in [0.29, 0.717) is 6.54 Å². The molecule has 0 unspecified atom stereocenters. The van der Waals surface area contributed by atoms with Gasteiger partial charge in [0.2, 0.25) is 0 Å². The van der Waals surface area contributed by atoms with Crippen LogP contribution >= 0.6 is 0 Å². The van der Waals surface area contributed by atoms with Crippen LogP contribution in [0.3, 0.4) is 0 Å². The largest absolute Gasteiger partial charge is 0.325 e. The second kappa shape index (κ2) is 2.55. The Bertz CT molecular complexity index is 197. The van der Waals surface area contributed by atoms with Crippen molar-refractivity contribution in [1.82, 2.24) is 9.97 Å². The lowest BCUT2D eigenvalue weighted by Gasteiger charge is -1.92. The quantitative estimate of drug-likeness (QED) is 0.572. The van der Waals surface area contributed by atoms with Crippen molar-refractivity contribution >= 4 is 0 Å². The number of nitrogens with two attached hydrogens (primary N) is 1. The van der Waals surface area contributed by atoms with Crippen LogP contribution in [-0.2, 0) is 6.54 Å². The molecular weight excluding hydrogens is 114 g/mol. The maximum Gasteiger partial charge on any atom is 0.113 e. The van der Waals surface area contributed by atoms with Crippen molar-refractivity contribution in [2.45, 2.75) is 13.5 Å². The fourth-order valence-corrected chi connectivity index (χ4v) is 0.558. The fourth-order valence-electron chi connectivity index (χ4n) is 0.558. The third-order valence-corrected chi connectivity index (χ3v) is 0.950. The highest BCUT2D eigenvalue weighted by Gasteiger charge is 1.89. The third-order valence-electron chi connectivity index (χ3n) is 0.950. The highest BCUT2D eigenvalue weighted by Crippen LogP contribution is 1.90. The zero-order chi connectivity index (χ0) is 6.69. The van der Waals surface area contributed by atoms with Gasteiger partial charge in [0.05, 0.1) is 11.4 Å². The van der Waals surface area contributed by atoms with Crippen LogP contribution < -0.4 is 5.73 Å². The van der Waals surface area contributed by atoms with E-state index in [0.717, 1.165) is 11.4 Å². The number of hydrogen-bond donors (Lipinski definition) is 1. The molecule has 1 aromatic heterocycles. The van der Waals surface area contributed by atoms with E-state index < -0.39 is 0 Å². The summed E-state index contributed by atoms with van der Waals surface area (Å²) in [5, 5.41) is 0. The minimum absolute atomic E-state index is 0.411. The summed E-state index contributed by atoms with van der Waals surface area (Å²) < 4.78 is 0. The predicted octanol–water partition coefficient (Wildman–Crippen LogP) is 0.0439. The molecule has 0 saturated heterocycles. The van der Waals surface area contributed by atoms with E-state index in [1.54, 1.807) is 6.20 Å². The number of aromatic nitrogens is 2. The number of aryl methyl sites for hydroxylation is 1. The van der Waals surface area contributed by atoms with Gasteiger partial charge in [0.25, 0.3) is 0 Å². The molecule has 47 valence electrons. The van der Waals surface area contributed by atoms with Crippen LogP contribution in [0.4, 0.5) is 0 Å². The monoisotopic (exact) mass is 122 g/mol. The van der Waals surface area contributed by atoms with E-state index in [2.05, 4.69) is 16.2 Å². The molecule has 2 N–H and O–H groups in total. The molecule has 0 atom stereocenters. The summed E-state index contributed by atoms with van der Waals surface area (Å²) in [4.78, 5) is 7.84. The molecule has 0 amide bonds. The Morgan fingerprint density at radius 3 is 3.00 bits per heavy atom. The lowest BCUT2D eigenvalue weighted by molar-refractivity contribution is 0.933. The molecule has 1 rings (SSSR count). The van der Waals surface area contributed by atoms with E-state index in [9.17, 15) is 0 Å². The zero-order valence-corrected chi connectivity index (χ0v) is 5.26. The summed E-state index contributed by atoms with van der Waals surface area (Å²) in [7, 11) is 0. The van der Waals surface area contributed by atoms with Gasteiger partial charge < -0.3 is 5.73 Å². The van der Waals surface area contributed by atoms with Gasteiger partial charge in [-0.15, -0.1) is 0 Å². The van der Waals surface area contributed by atoms with Gasteiger partial charge in [-0.25, -0.2) is 0 Å². The summed E-state index contributed by atoms with van der Waals surface area (Å²) in [5.41, 5.74) is 6.89. The lowest BCUT2D eigenvalue weighted by atomic mass is 10.4. The maximum absolute atomic E-state index is 5.28. The number of nitrogens with zero attached hydrogens (tertiary/aromatic N) is 2.